The maximum atomic E-state index is 14.6. The Hall–Kier alpha value is -4.90. The smallest absolute Gasteiger partial charge is 0.264 e. The summed E-state index contributed by atoms with van der Waals surface area (Å²) in [6.45, 7) is 7.47. The summed E-state index contributed by atoms with van der Waals surface area (Å²) in [5, 5.41) is 3.01. The van der Waals surface area contributed by atoms with Crippen molar-refractivity contribution in [3.63, 3.8) is 0 Å². The van der Waals surface area contributed by atoms with E-state index in [1.807, 2.05) is 82.3 Å². The van der Waals surface area contributed by atoms with Gasteiger partial charge in [0.1, 0.15) is 31.6 Å². The lowest BCUT2D eigenvalue weighted by Gasteiger charge is -2.35. The quantitative estimate of drug-likeness (QED) is 0.221. The SMILES string of the molecule is Cc1ccc(CN(C(=O)CN(c2ccc(F)cc2)S(=O)(=O)c2ccc3c(c2)OCCO3)C(Cc2ccccc2)C(=O)NC(C)(C)C)cc1. The molecule has 9 nitrogen and oxygen atoms in total. The molecular weight excluding hydrogens is 633 g/mol. The molecule has 2 amide bonds. The molecule has 4 aromatic carbocycles. The zero-order valence-electron chi connectivity index (χ0n) is 27.5. The third kappa shape index (κ3) is 8.51. The van der Waals surface area contributed by atoms with Gasteiger partial charge in [-0.05, 0) is 75.2 Å². The first-order chi connectivity index (χ1) is 22.8. The molecule has 1 atom stereocenters. The normalized spacial score (nSPS) is 13.4. The number of sulfonamides is 1. The van der Waals surface area contributed by atoms with E-state index in [0.717, 1.165) is 33.1 Å². The van der Waals surface area contributed by atoms with Crippen LogP contribution in [0.15, 0.2) is 102 Å². The number of halogens is 1. The Morgan fingerprint density at radius 2 is 1.50 bits per heavy atom. The summed E-state index contributed by atoms with van der Waals surface area (Å²) in [5.41, 5.74) is 2.09. The number of aryl methyl sites for hydroxylation is 1. The maximum absolute atomic E-state index is 14.6. The topological polar surface area (TPSA) is 105 Å². The molecule has 48 heavy (non-hydrogen) atoms. The van der Waals surface area contributed by atoms with Crippen LogP contribution in [-0.4, -0.2) is 56.5 Å². The fourth-order valence-corrected chi connectivity index (χ4v) is 6.77. The molecule has 1 unspecified atom stereocenters. The second-order valence-electron chi connectivity index (χ2n) is 12.7. The predicted molar refractivity (Wildman–Crippen MR) is 182 cm³/mol. The van der Waals surface area contributed by atoms with Crippen LogP contribution in [0.4, 0.5) is 10.1 Å². The average molecular weight is 674 g/mol. The van der Waals surface area contributed by atoms with E-state index in [-0.39, 0.29) is 41.8 Å². The van der Waals surface area contributed by atoms with Crippen LogP contribution in [-0.2, 0) is 32.6 Å². The maximum Gasteiger partial charge on any atom is 0.264 e. The van der Waals surface area contributed by atoms with Crippen molar-refractivity contribution >= 4 is 27.5 Å². The Morgan fingerprint density at radius 1 is 0.854 bits per heavy atom. The number of carbonyl (C=O) groups is 2. The Kier molecular flexibility index (Phi) is 10.4. The number of nitrogens with one attached hydrogen (secondary N) is 1. The Bertz CT molecular complexity index is 1840. The molecule has 1 heterocycles. The molecule has 252 valence electrons. The summed E-state index contributed by atoms with van der Waals surface area (Å²) < 4.78 is 54.8. The van der Waals surface area contributed by atoms with Crippen molar-refractivity contribution in [3.8, 4) is 11.5 Å². The highest BCUT2D eigenvalue weighted by molar-refractivity contribution is 7.92. The number of hydrogen-bond acceptors (Lipinski definition) is 6. The van der Waals surface area contributed by atoms with Crippen LogP contribution in [0.2, 0.25) is 0 Å². The number of amides is 2. The summed E-state index contributed by atoms with van der Waals surface area (Å²) >= 11 is 0. The number of ether oxygens (including phenoxy) is 2. The summed E-state index contributed by atoms with van der Waals surface area (Å²) in [6.07, 6.45) is 0.186. The van der Waals surface area contributed by atoms with E-state index in [2.05, 4.69) is 5.32 Å². The van der Waals surface area contributed by atoms with Gasteiger partial charge < -0.3 is 19.7 Å². The van der Waals surface area contributed by atoms with Gasteiger partial charge in [0.15, 0.2) is 11.5 Å². The van der Waals surface area contributed by atoms with Gasteiger partial charge in [-0.25, -0.2) is 12.8 Å². The number of rotatable bonds is 11. The van der Waals surface area contributed by atoms with Crippen LogP contribution < -0.4 is 19.1 Å². The van der Waals surface area contributed by atoms with Gasteiger partial charge >= 0.3 is 0 Å². The minimum atomic E-state index is -4.41. The summed E-state index contributed by atoms with van der Waals surface area (Å²) in [5.74, 6) is -0.900. The van der Waals surface area contributed by atoms with E-state index in [4.69, 9.17) is 9.47 Å². The first-order valence-electron chi connectivity index (χ1n) is 15.7. The molecule has 1 aliphatic heterocycles. The van der Waals surface area contributed by atoms with Crippen molar-refractivity contribution in [2.24, 2.45) is 0 Å². The largest absolute Gasteiger partial charge is 0.486 e. The molecule has 0 fully saturated rings. The van der Waals surface area contributed by atoms with E-state index in [1.165, 1.54) is 35.2 Å². The molecule has 0 spiro atoms. The van der Waals surface area contributed by atoms with Gasteiger partial charge in [0.2, 0.25) is 11.8 Å². The van der Waals surface area contributed by atoms with Gasteiger partial charge in [0, 0.05) is 24.6 Å². The zero-order valence-corrected chi connectivity index (χ0v) is 28.3. The first kappa shape index (κ1) is 34.4. The standard InChI is InChI=1S/C37H40FN3O6S/c1-26-10-12-28(13-11-26)24-40(32(36(43)39-37(2,3)4)22-27-8-6-5-7-9-27)35(42)25-41(30-16-14-29(38)15-17-30)48(44,45)31-18-19-33-34(23-31)47-21-20-46-33/h5-19,23,32H,20-22,24-25H2,1-4H3,(H,39,43). The highest BCUT2D eigenvalue weighted by atomic mass is 32.2. The molecule has 11 heteroatoms. The van der Waals surface area contributed by atoms with Crippen molar-refractivity contribution in [3.05, 3.63) is 120 Å². The lowest BCUT2D eigenvalue weighted by molar-refractivity contribution is -0.140. The molecule has 0 radical (unpaired) electrons. The molecule has 0 aromatic heterocycles. The molecule has 0 saturated heterocycles. The minimum absolute atomic E-state index is 0.0372. The van der Waals surface area contributed by atoms with Crippen LogP contribution in [0, 0.1) is 12.7 Å². The highest BCUT2D eigenvalue weighted by Gasteiger charge is 2.36. The van der Waals surface area contributed by atoms with E-state index in [0.29, 0.717) is 12.4 Å². The number of nitrogens with zero attached hydrogens (tertiary/aromatic N) is 2. The van der Waals surface area contributed by atoms with Crippen LogP contribution >= 0.6 is 0 Å². The lowest BCUT2D eigenvalue weighted by atomic mass is 10.0. The highest BCUT2D eigenvalue weighted by Crippen LogP contribution is 2.34. The van der Waals surface area contributed by atoms with Crippen LogP contribution in [0.3, 0.4) is 0 Å². The van der Waals surface area contributed by atoms with Crippen LogP contribution in [0.1, 0.15) is 37.5 Å². The number of hydrogen-bond donors (Lipinski definition) is 1. The molecule has 1 aliphatic rings. The van der Waals surface area contributed by atoms with Gasteiger partial charge in [-0.1, -0.05) is 60.2 Å². The van der Waals surface area contributed by atoms with Gasteiger partial charge in [-0.2, -0.15) is 0 Å². The molecule has 0 aliphatic carbocycles. The van der Waals surface area contributed by atoms with Crippen molar-refractivity contribution in [2.75, 3.05) is 24.1 Å². The summed E-state index contributed by atoms with van der Waals surface area (Å²) in [6, 6.07) is 25.0. The Labute approximate surface area is 281 Å². The molecule has 4 aromatic rings. The molecule has 0 saturated carbocycles. The Balaban J connectivity index is 1.58. The average Bonchev–Trinajstić information content (AvgIpc) is 3.06. The molecular formula is C37H40FN3O6S. The first-order valence-corrected chi connectivity index (χ1v) is 17.1. The van der Waals surface area contributed by atoms with Gasteiger partial charge in [-0.3, -0.25) is 13.9 Å². The van der Waals surface area contributed by atoms with E-state index < -0.39 is 39.9 Å². The van der Waals surface area contributed by atoms with Crippen molar-refractivity contribution < 1.29 is 31.9 Å². The molecule has 5 rings (SSSR count). The van der Waals surface area contributed by atoms with Crippen LogP contribution in [0.25, 0.3) is 0 Å². The number of carbonyl (C=O) groups excluding carboxylic acids is 2. The summed E-state index contributed by atoms with van der Waals surface area (Å²) in [4.78, 5) is 29.9. The van der Waals surface area contributed by atoms with E-state index in [1.54, 1.807) is 0 Å². The van der Waals surface area contributed by atoms with E-state index in [9.17, 15) is 22.4 Å². The lowest BCUT2D eigenvalue weighted by Crippen LogP contribution is -2.56. The number of anilines is 1. The van der Waals surface area contributed by atoms with Gasteiger partial charge in [-0.15, -0.1) is 0 Å². The second kappa shape index (κ2) is 14.5. The van der Waals surface area contributed by atoms with Gasteiger partial charge in [0.05, 0.1) is 10.6 Å². The van der Waals surface area contributed by atoms with Crippen LogP contribution in [0.5, 0.6) is 11.5 Å². The van der Waals surface area contributed by atoms with Gasteiger partial charge in [0.25, 0.3) is 10.0 Å². The van der Waals surface area contributed by atoms with Crippen molar-refractivity contribution in [2.45, 2.75) is 57.1 Å². The monoisotopic (exact) mass is 673 g/mol. The Morgan fingerprint density at radius 3 is 2.15 bits per heavy atom. The van der Waals surface area contributed by atoms with E-state index >= 15 is 0 Å². The minimum Gasteiger partial charge on any atom is -0.486 e. The third-order valence-corrected chi connectivity index (χ3v) is 9.51. The van der Waals surface area contributed by atoms with Crippen molar-refractivity contribution in [1.82, 2.24) is 10.2 Å². The third-order valence-electron chi connectivity index (χ3n) is 7.74. The molecule has 1 N–H and O–H groups in total. The second-order valence-corrected chi connectivity index (χ2v) is 14.6. The molecule has 0 bridgehead atoms. The predicted octanol–water partition coefficient (Wildman–Crippen LogP) is 5.66. The fraction of sp³-hybridized carbons (Fsp3) is 0.297. The number of fused-ring (bicyclic) bond motifs is 1. The zero-order chi connectivity index (χ0) is 34.5. The summed E-state index contributed by atoms with van der Waals surface area (Å²) in [7, 11) is -4.41. The van der Waals surface area contributed by atoms with Crippen molar-refractivity contribution in [1.29, 1.82) is 0 Å². The fourth-order valence-electron chi connectivity index (χ4n) is 5.34. The number of benzene rings is 4.